The lowest BCUT2D eigenvalue weighted by atomic mass is 10.3. The van der Waals surface area contributed by atoms with Gasteiger partial charge >= 0.3 is 5.97 Å². The first-order valence-corrected chi connectivity index (χ1v) is 5.35. The molecule has 0 saturated heterocycles. The van der Waals surface area contributed by atoms with Crippen LogP contribution in [0.4, 0.5) is 5.69 Å². The summed E-state index contributed by atoms with van der Waals surface area (Å²) in [5.41, 5.74) is 0.937. The van der Waals surface area contributed by atoms with E-state index < -0.39 is 10.9 Å². The van der Waals surface area contributed by atoms with Gasteiger partial charge in [0.15, 0.2) is 0 Å². The predicted molar refractivity (Wildman–Crippen MR) is 63.5 cm³/mol. The van der Waals surface area contributed by atoms with Gasteiger partial charge in [-0.05, 0) is 6.07 Å². The standard InChI is InChI=1S/C11H10N4O4/c1-8(16)19-7-9-6-14(13-12-9)10-3-2-4-11(5-10)15(17)18/h2-6H,7H2,1H3. The van der Waals surface area contributed by atoms with Gasteiger partial charge in [-0.3, -0.25) is 14.9 Å². The summed E-state index contributed by atoms with van der Waals surface area (Å²) in [5, 5.41) is 18.3. The molecule has 1 heterocycles. The SMILES string of the molecule is CC(=O)OCc1cn(-c2cccc([N+](=O)[O-])c2)nn1. The minimum atomic E-state index is -0.486. The third-order valence-corrected chi connectivity index (χ3v) is 2.27. The fourth-order valence-corrected chi connectivity index (χ4v) is 1.42. The van der Waals surface area contributed by atoms with Gasteiger partial charge < -0.3 is 4.74 Å². The Balaban J connectivity index is 2.20. The number of non-ortho nitro benzene ring substituents is 1. The molecular weight excluding hydrogens is 252 g/mol. The molecule has 0 unspecified atom stereocenters. The summed E-state index contributed by atoms with van der Waals surface area (Å²) < 4.78 is 6.16. The molecule has 0 aliphatic rings. The lowest BCUT2D eigenvalue weighted by Crippen LogP contribution is -1.98. The van der Waals surface area contributed by atoms with Crippen molar-refractivity contribution in [2.75, 3.05) is 0 Å². The van der Waals surface area contributed by atoms with Crippen molar-refractivity contribution in [2.24, 2.45) is 0 Å². The number of benzene rings is 1. The zero-order chi connectivity index (χ0) is 13.8. The molecule has 0 atom stereocenters. The second-order valence-electron chi connectivity index (χ2n) is 3.71. The summed E-state index contributed by atoms with van der Waals surface area (Å²) >= 11 is 0. The minimum absolute atomic E-state index is 0.0181. The maximum atomic E-state index is 10.7. The van der Waals surface area contributed by atoms with Gasteiger partial charge in [-0.25, -0.2) is 4.68 Å². The van der Waals surface area contributed by atoms with Gasteiger partial charge in [0.05, 0.1) is 16.8 Å². The van der Waals surface area contributed by atoms with E-state index in [0.29, 0.717) is 11.4 Å². The number of esters is 1. The molecule has 1 aromatic carbocycles. The average Bonchev–Trinajstić information content (AvgIpc) is 2.85. The number of rotatable bonds is 4. The van der Waals surface area contributed by atoms with Crippen LogP contribution in [-0.2, 0) is 16.1 Å². The molecule has 19 heavy (non-hydrogen) atoms. The van der Waals surface area contributed by atoms with Crippen LogP contribution in [0, 0.1) is 10.1 Å². The summed E-state index contributed by atoms with van der Waals surface area (Å²) in [4.78, 5) is 20.8. The van der Waals surface area contributed by atoms with Crippen molar-refractivity contribution in [3.63, 3.8) is 0 Å². The van der Waals surface area contributed by atoms with E-state index in [9.17, 15) is 14.9 Å². The van der Waals surface area contributed by atoms with Crippen LogP contribution in [-0.4, -0.2) is 25.9 Å². The first-order valence-electron chi connectivity index (χ1n) is 5.35. The maximum Gasteiger partial charge on any atom is 0.303 e. The second kappa shape index (κ2) is 5.25. The normalized spacial score (nSPS) is 10.2. The molecular formula is C11H10N4O4. The highest BCUT2D eigenvalue weighted by Gasteiger charge is 2.09. The molecule has 0 spiro atoms. The number of hydrogen-bond donors (Lipinski definition) is 0. The Morgan fingerprint density at radius 3 is 3.00 bits per heavy atom. The topological polar surface area (TPSA) is 100 Å². The fourth-order valence-electron chi connectivity index (χ4n) is 1.42. The molecule has 0 amide bonds. The zero-order valence-corrected chi connectivity index (χ0v) is 10.0. The van der Waals surface area contributed by atoms with Gasteiger partial charge in [0, 0.05) is 19.1 Å². The Labute approximate surface area is 107 Å². The molecule has 8 nitrogen and oxygen atoms in total. The van der Waals surface area contributed by atoms with Crippen LogP contribution in [0.3, 0.4) is 0 Å². The molecule has 0 N–H and O–H groups in total. The third-order valence-electron chi connectivity index (χ3n) is 2.27. The Bertz CT molecular complexity index is 623. The van der Waals surface area contributed by atoms with Gasteiger partial charge in [0.2, 0.25) is 0 Å². The molecule has 0 bridgehead atoms. The number of hydrogen-bond acceptors (Lipinski definition) is 6. The van der Waals surface area contributed by atoms with Crippen molar-refractivity contribution >= 4 is 11.7 Å². The van der Waals surface area contributed by atoms with E-state index in [-0.39, 0.29) is 12.3 Å². The molecule has 1 aromatic heterocycles. The van der Waals surface area contributed by atoms with Gasteiger partial charge in [-0.2, -0.15) is 0 Å². The Kier molecular flexibility index (Phi) is 3.51. The van der Waals surface area contributed by atoms with Crippen LogP contribution in [0.15, 0.2) is 30.5 Å². The zero-order valence-electron chi connectivity index (χ0n) is 10.0. The number of carbonyl (C=O) groups is 1. The Morgan fingerprint density at radius 2 is 2.32 bits per heavy atom. The number of carbonyl (C=O) groups excluding carboxylic acids is 1. The van der Waals surface area contributed by atoms with Crippen LogP contribution < -0.4 is 0 Å². The molecule has 0 saturated carbocycles. The van der Waals surface area contributed by atoms with Gasteiger partial charge in [0.25, 0.3) is 5.69 Å². The van der Waals surface area contributed by atoms with E-state index in [2.05, 4.69) is 10.3 Å². The molecule has 2 rings (SSSR count). The molecule has 2 aromatic rings. The van der Waals surface area contributed by atoms with Gasteiger partial charge in [-0.1, -0.05) is 11.3 Å². The van der Waals surface area contributed by atoms with E-state index in [1.54, 1.807) is 18.3 Å². The highest BCUT2D eigenvalue weighted by Crippen LogP contribution is 2.16. The number of nitro groups is 1. The molecule has 8 heteroatoms. The van der Waals surface area contributed by atoms with E-state index in [1.165, 1.54) is 23.7 Å². The van der Waals surface area contributed by atoms with E-state index in [4.69, 9.17) is 4.74 Å². The molecule has 0 aliphatic heterocycles. The summed E-state index contributed by atoms with van der Waals surface area (Å²) in [7, 11) is 0. The average molecular weight is 262 g/mol. The molecule has 98 valence electrons. The van der Waals surface area contributed by atoms with E-state index in [0.717, 1.165) is 0 Å². The van der Waals surface area contributed by atoms with Crippen LogP contribution in [0.5, 0.6) is 0 Å². The first-order chi connectivity index (χ1) is 9.06. The van der Waals surface area contributed by atoms with Crippen molar-refractivity contribution in [3.8, 4) is 5.69 Å². The third kappa shape index (κ3) is 3.12. The predicted octanol–water partition coefficient (Wildman–Crippen LogP) is 1.24. The van der Waals surface area contributed by atoms with Crippen LogP contribution >= 0.6 is 0 Å². The Hall–Kier alpha value is -2.77. The summed E-state index contributed by atoms with van der Waals surface area (Å²) in [6.45, 7) is 1.31. The number of aromatic nitrogens is 3. The van der Waals surface area contributed by atoms with Crippen molar-refractivity contribution in [1.29, 1.82) is 0 Å². The lowest BCUT2D eigenvalue weighted by molar-refractivity contribution is -0.384. The fraction of sp³-hybridized carbons (Fsp3) is 0.182. The minimum Gasteiger partial charge on any atom is -0.459 e. The quantitative estimate of drug-likeness (QED) is 0.466. The van der Waals surface area contributed by atoms with E-state index in [1.807, 2.05) is 0 Å². The largest absolute Gasteiger partial charge is 0.459 e. The maximum absolute atomic E-state index is 10.7. The van der Waals surface area contributed by atoms with Crippen molar-refractivity contribution < 1.29 is 14.5 Å². The van der Waals surface area contributed by atoms with Gasteiger partial charge in [0.1, 0.15) is 12.3 Å². The number of nitrogens with zero attached hydrogens (tertiary/aromatic N) is 4. The molecule has 0 fully saturated rings. The van der Waals surface area contributed by atoms with Crippen molar-refractivity contribution in [3.05, 3.63) is 46.3 Å². The highest BCUT2D eigenvalue weighted by molar-refractivity contribution is 5.65. The van der Waals surface area contributed by atoms with Crippen molar-refractivity contribution in [2.45, 2.75) is 13.5 Å². The summed E-state index contributed by atoms with van der Waals surface area (Å²) in [6, 6.07) is 5.99. The van der Waals surface area contributed by atoms with Gasteiger partial charge in [-0.15, -0.1) is 5.10 Å². The smallest absolute Gasteiger partial charge is 0.303 e. The van der Waals surface area contributed by atoms with E-state index >= 15 is 0 Å². The van der Waals surface area contributed by atoms with Crippen LogP contribution in [0.1, 0.15) is 12.6 Å². The molecule has 0 aliphatic carbocycles. The molecule has 0 radical (unpaired) electrons. The first kappa shape index (κ1) is 12.7. The number of nitro benzene ring substituents is 1. The number of ether oxygens (including phenoxy) is 1. The summed E-state index contributed by atoms with van der Waals surface area (Å²) in [5.74, 6) is -0.412. The highest BCUT2D eigenvalue weighted by atomic mass is 16.6. The second-order valence-corrected chi connectivity index (χ2v) is 3.71. The van der Waals surface area contributed by atoms with Crippen LogP contribution in [0.2, 0.25) is 0 Å². The lowest BCUT2D eigenvalue weighted by Gasteiger charge is -1.99. The monoisotopic (exact) mass is 262 g/mol. The Morgan fingerprint density at radius 1 is 1.53 bits per heavy atom. The van der Waals surface area contributed by atoms with Crippen molar-refractivity contribution in [1.82, 2.24) is 15.0 Å². The summed E-state index contributed by atoms with van der Waals surface area (Å²) in [6.07, 6.45) is 1.54. The van der Waals surface area contributed by atoms with Crippen LogP contribution in [0.25, 0.3) is 5.69 Å².